The van der Waals surface area contributed by atoms with Crippen LogP contribution in [-0.2, 0) is 4.79 Å². The van der Waals surface area contributed by atoms with Crippen molar-refractivity contribution < 1.29 is 18.4 Å². The van der Waals surface area contributed by atoms with E-state index < -0.39 is 0 Å². The number of carbonyl (C=O) groups is 1. The van der Waals surface area contributed by atoms with Crippen LogP contribution in [0.25, 0.3) is 22.6 Å². The highest BCUT2D eigenvalue weighted by molar-refractivity contribution is 8.00. The van der Waals surface area contributed by atoms with Crippen LogP contribution >= 0.6 is 11.8 Å². The van der Waals surface area contributed by atoms with Crippen molar-refractivity contribution in [2.24, 2.45) is 0 Å². The van der Waals surface area contributed by atoms with Gasteiger partial charge in [-0.2, -0.15) is 0 Å². The Labute approximate surface area is 165 Å². The highest BCUT2D eigenvalue weighted by Gasteiger charge is 2.17. The zero-order valence-electron chi connectivity index (χ0n) is 15.3. The molecule has 0 aliphatic carbocycles. The molecule has 0 saturated heterocycles. The summed E-state index contributed by atoms with van der Waals surface area (Å²) in [6.07, 6.45) is 0. The maximum Gasteiger partial charge on any atom is 0.322 e. The molecule has 0 fully saturated rings. The lowest BCUT2D eigenvalue weighted by Gasteiger charge is -2.01. The number of amides is 1. The minimum absolute atomic E-state index is 0.0249. The van der Waals surface area contributed by atoms with Crippen LogP contribution in [0.1, 0.15) is 5.56 Å². The van der Waals surface area contributed by atoms with Crippen molar-refractivity contribution in [1.82, 2.24) is 10.2 Å². The predicted octanol–water partition coefficient (Wildman–Crippen LogP) is 4.53. The van der Waals surface area contributed by atoms with E-state index in [0.29, 0.717) is 17.1 Å². The van der Waals surface area contributed by atoms with Crippen LogP contribution in [0.3, 0.4) is 0 Å². The zero-order valence-corrected chi connectivity index (χ0v) is 16.1. The van der Waals surface area contributed by atoms with E-state index in [2.05, 4.69) is 15.5 Å². The molecular weight excluding hydrogens is 378 g/mol. The average molecular weight is 395 g/mol. The summed E-state index contributed by atoms with van der Waals surface area (Å²) in [5, 5.41) is 11.3. The standard InChI is InChI=1S/C20H17N3O4S/c1-12-6-8-14(9-7-12)28-11-17(24)21-20-23-22-19(27-20)16-10-13-4-3-5-15(25-2)18(13)26-16/h3-10H,11H2,1-2H3,(H,21,23,24). The molecule has 2 heterocycles. The van der Waals surface area contributed by atoms with Gasteiger partial charge in [0.25, 0.3) is 5.89 Å². The van der Waals surface area contributed by atoms with Gasteiger partial charge in [0.05, 0.1) is 12.9 Å². The smallest absolute Gasteiger partial charge is 0.322 e. The Morgan fingerprint density at radius 1 is 1.14 bits per heavy atom. The second-order valence-corrected chi connectivity index (χ2v) is 7.10. The van der Waals surface area contributed by atoms with Gasteiger partial charge in [0.15, 0.2) is 17.1 Å². The quantitative estimate of drug-likeness (QED) is 0.480. The van der Waals surface area contributed by atoms with Gasteiger partial charge in [-0.05, 0) is 31.2 Å². The predicted molar refractivity (Wildman–Crippen MR) is 107 cm³/mol. The van der Waals surface area contributed by atoms with E-state index in [0.717, 1.165) is 10.3 Å². The molecule has 8 heteroatoms. The van der Waals surface area contributed by atoms with Crippen molar-refractivity contribution in [3.05, 3.63) is 54.1 Å². The molecular formula is C20H17N3O4S. The minimum Gasteiger partial charge on any atom is -0.493 e. The van der Waals surface area contributed by atoms with Gasteiger partial charge in [-0.3, -0.25) is 10.1 Å². The minimum atomic E-state index is -0.230. The van der Waals surface area contributed by atoms with Crippen LogP contribution in [0.15, 0.2) is 62.3 Å². The molecule has 0 saturated carbocycles. The lowest BCUT2D eigenvalue weighted by Crippen LogP contribution is -2.14. The van der Waals surface area contributed by atoms with Crippen molar-refractivity contribution in [3.63, 3.8) is 0 Å². The summed E-state index contributed by atoms with van der Waals surface area (Å²) < 4.78 is 16.6. The summed E-state index contributed by atoms with van der Waals surface area (Å²) in [5.74, 6) is 1.21. The number of ether oxygens (including phenoxy) is 1. The summed E-state index contributed by atoms with van der Waals surface area (Å²) in [6.45, 7) is 2.02. The molecule has 0 spiro atoms. The third kappa shape index (κ3) is 3.86. The van der Waals surface area contributed by atoms with Gasteiger partial charge in [0.2, 0.25) is 5.91 Å². The fraction of sp³-hybridized carbons (Fsp3) is 0.150. The molecule has 28 heavy (non-hydrogen) atoms. The van der Waals surface area contributed by atoms with Crippen LogP contribution in [0.2, 0.25) is 0 Å². The first kappa shape index (κ1) is 18.1. The lowest BCUT2D eigenvalue weighted by atomic mass is 10.2. The van der Waals surface area contributed by atoms with Crippen LogP contribution in [0, 0.1) is 6.92 Å². The van der Waals surface area contributed by atoms with Crippen molar-refractivity contribution >= 4 is 34.7 Å². The Morgan fingerprint density at radius 2 is 1.96 bits per heavy atom. The van der Waals surface area contributed by atoms with E-state index in [4.69, 9.17) is 13.6 Å². The average Bonchev–Trinajstić information content (AvgIpc) is 3.34. The third-order valence-corrected chi connectivity index (χ3v) is 5.01. The van der Waals surface area contributed by atoms with Crippen molar-refractivity contribution in [1.29, 1.82) is 0 Å². The second-order valence-electron chi connectivity index (χ2n) is 6.05. The van der Waals surface area contributed by atoms with Crippen molar-refractivity contribution in [2.45, 2.75) is 11.8 Å². The van der Waals surface area contributed by atoms with Crippen molar-refractivity contribution in [2.75, 3.05) is 18.2 Å². The number of para-hydroxylation sites is 1. The Balaban J connectivity index is 1.42. The van der Waals surface area contributed by atoms with Gasteiger partial charge in [0.1, 0.15) is 0 Å². The molecule has 4 aromatic rings. The lowest BCUT2D eigenvalue weighted by molar-refractivity contribution is -0.113. The number of hydrogen-bond donors (Lipinski definition) is 1. The number of nitrogens with zero attached hydrogens (tertiary/aromatic N) is 2. The first-order chi connectivity index (χ1) is 13.6. The second kappa shape index (κ2) is 7.77. The van der Waals surface area contributed by atoms with E-state index in [9.17, 15) is 4.79 Å². The maximum atomic E-state index is 12.1. The number of rotatable bonds is 6. The Kier molecular flexibility index (Phi) is 5.03. The normalized spacial score (nSPS) is 10.9. The SMILES string of the molecule is COc1cccc2cc(-c3nnc(NC(=O)CSc4ccc(C)cc4)o3)oc12. The number of nitrogens with one attached hydrogen (secondary N) is 1. The number of benzene rings is 2. The number of thioether (sulfide) groups is 1. The summed E-state index contributed by atoms with van der Waals surface area (Å²) >= 11 is 1.43. The topological polar surface area (TPSA) is 90.4 Å². The summed E-state index contributed by atoms with van der Waals surface area (Å²) in [5.41, 5.74) is 1.77. The molecule has 142 valence electrons. The Bertz CT molecular complexity index is 1120. The molecule has 0 radical (unpaired) electrons. The highest BCUT2D eigenvalue weighted by Crippen LogP contribution is 2.33. The third-order valence-electron chi connectivity index (χ3n) is 4.00. The molecule has 0 aliphatic heterocycles. The van der Waals surface area contributed by atoms with Gasteiger partial charge >= 0.3 is 6.01 Å². The van der Waals surface area contributed by atoms with Gasteiger partial charge < -0.3 is 13.6 Å². The van der Waals surface area contributed by atoms with Crippen LogP contribution in [0.4, 0.5) is 6.01 Å². The molecule has 1 amide bonds. The zero-order chi connectivity index (χ0) is 19.5. The highest BCUT2D eigenvalue weighted by atomic mass is 32.2. The first-order valence-electron chi connectivity index (χ1n) is 8.52. The molecule has 4 rings (SSSR count). The van der Waals surface area contributed by atoms with E-state index >= 15 is 0 Å². The Morgan fingerprint density at radius 3 is 2.75 bits per heavy atom. The van der Waals surface area contributed by atoms with Crippen LogP contribution < -0.4 is 10.1 Å². The fourth-order valence-electron chi connectivity index (χ4n) is 2.61. The molecule has 7 nitrogen and oxygen atoms in total. The van der Waals surface area contributed by atoms with E-state index in [-0.39, 0.29) is 23.6 Å². The van der Waals surface area contributed by atoms with Gasteiger partial charge in [-0.15, -0.1) is 16.9 Å². The monoisotopic (exact) mass is 395 g/mol. The number of aryl methyl sites for hydroxylation is 1. The molecule has 1 N–H and O–H groups in total. The molecule has 0 aliphatic rings. The summed E-state index contributed by atoms with van der Waals surface area (Å²) in [4.78, 5) is 13.1. The summed E-state index contributed by atoms with van der Waals surface area (Å²) in [6, 6.07) is 15.3. The van der Waals surface area contributed by atoms with Gasteiger partial charge in [0, 0.05) is 10.3 Å². The Hall–Kier alpha value is -3.26. The van der Waals surface area contributed by atoms with E-state index in [1.165, 1.54) is 17.3 Å². The fourth-order valence-corrected chi connectivity index (χ4v) is 3.31. The van der Waals surface area contributed by atoms with E-state index in [1.54, 1.807) is 19.2 Å². The number of carbonyl (C=O) groups excluding carboxylic acids is 1. The largest absolute Gasteiger partial charge is 0.493 e. The maximum absolute atomic E-state index is 12.1. The first-order valence-corrected chi connectivity index (χ1v) is 9.50. The molecule has 2 aromatic heterocycles. The van der Waals surface area contributed by atoms with Crippen molar-refractivity contribution in [3.8, 4) is 17.4 Å². The number of anilines is 1. The summed E-state index contributed by atoms with van der Waals surface area (Å²) in [7, 11) is 1.58. The molecule has 2 aromatic carbocycles. The van der Waals surface area contributed by atoms with Gasteiger partial charge in [-0.1, -0.05) is 34.9 Å². The molecule has 0 unspecified atom stereocenters. The number of furan rings is 1. The molecule has 0 bridgehead atoms. The number of hydrogen-bond acceptors (Lipinski definition) is 7. The molecule has 0 atom stereocenters. The number of methoxy groups -OCH3 is 1. The van der Waals surface area contributed by atoms with Crippen LogP contribution in [0.5, 0.6) is 5.75 Å². The van der Waals surface area contributed by atoms with Crippen LogP contribution in [-0.4, -0.2) is 29.0 Å². The number of aromatic nitrogens is 2. The van der Waals surface area contributed by atoms with E-state index in [1.807, 2.05) is 43.3 Å². The van der Waals surface area contributed by atoms with Gasteiger partial charge in [-0.25, -0.2) is 0 Å². The number of fused-ring (bicyclic) bond motifs is 1.